The molecule has 0 N–H and O–H groups in total. The molecule has 0 aliphatic heterocycles. The Morgan fingerprint density at radius 3 is 2.13 bits per heavy atom. The number of ether oxygens (including phenoxy) is 1. The molecule has 1 amide bonds. The minimum Gasteiger partial charge on any atom is -0.444 e. The summed E-state index contributed by atoms with van der Waals surface area (Å²) >= 11 is 0. The van der Waals surface area contributed by atoms with Crippen molar-refractivity contribution in [3.63, 3.8) is 0 Å². The maximum Gasteiger partial charge on any atom is 0.408 e. The molecule has 7 heteroatoms. The molecular formula is C16H23B3N2O2. The van der Waals surface area contributed by atoms with Crippen LogP contribution in [0.25, 0.3) is 0 Å². The largest absolute Gasteiger partial charge is 0.444 e. The average molecular weight is 308 g/mol. The van der Waals surface area contributed by atoms with Gasteiger partial charge in [-0.1, -0.05) is 35.6 Å². The summed E-state index contributed by atoms with van der Waals surface area (Å²) in [5.41, 5.74) is 0.537. The van der Waals surface area contributed by atoms with Gasteiger partial charge in [-0.2, -0.15) is 0 Å². The molecule has 1 rings (SSSR count). The Morgan fingerprint density at radius 1 is 1.09 bits per heavy atom. The Hall–Kier alpha value is -1.36. The maximum absolute atomic E-state index is 12.2. The van der Waals surface area contributed by atoms with E-state index in [9.17, 15) is 4.79 Å². The fourth-order valence-electron chi connectivity index (χ4n) is 2.00. The summed E-state index contributed by atoms with van der Waals surface area (Å²) in [6, 6.07) is 10.0. The van der Waals surface area contributed by atoms with E-state index in [0.29, 0.717) is 6.54 Å². The number of hydrogen-bond acceptors (Lipinski definition) is 3. The first kappa shape index (κ1) is 19.7. The van der Waals surface area contributed by atoms with Gasteiger partial charge in [-0.3, -0.25) is 0 Å². The lowest BCUT2D eigenvalue weighted by atomic mass is 9.48. The SMILES string of the molecule is [B]C([B])([B])N(CCN(C)Cc1ccccc1)C(=O)OC(C)(C)C. The second kappa shape index (κ2) is 7.96. The Labute approximate surface area is 143 Å². The molecule has 0 aliphatic carbocycles. The van der Waals surface area contributed by atoms with E-state index in [0.717, 1.165) is 11.4 Å². The number of nitrogens with zero attached hydrogens (tertiary/aromatic N) is 2. The Bertz CT molecular complexity index is 498. The Morgan fingerprint density at radius 2 is 1.65 bits per heavy atom. The highest BCUT2D eigenvalue weighted by Gasteiger charge is 2.29. The van der Waals surface area contributed by atoms with E-state index in [4.69, 9.17) is 28.3 Å². The third-order valence-electron chi connectivity index (χ3n) is 3.08. The van der Waals surface area contributed by atoms with Gasteiger partial charge < -0.3 is 14.5 Å². The number of rotatable bonds is 6. The molecule has 0 saturated carbocycles. The zero-order chi connectivity index (χ0) is 17.7. The van der Waals surface area contributed by atoms with Crippen LogP contribution in [0.5, 0.6) is 0 Å². The molecule has 118 valence electrons. The quantitative estimate of drug-likeness (QED) is 0.746. The van der Waals surface area contributed by atoms with Crippen LogP contribution in [0.2, 0.25) is 0 Å². The summed E-state index contributed by atoms with van der Waals surface area (Å²) in [4.78, 5) is 15.4. The zero-order valence-electron chi connectivity index (χ0n) is 14.5. The van der Waals surface area contributed by atoms with Crippen molar-refractivity contribution in [1.82, 2.24) is 9.80 Å². The van der Waals surface area contributed by atoms with Crippen molar-refractivity contribution >= 4 is 29.6 Å². The summed E-state index contributed by atoms with van der Waals surface area (Å²) in [5, 5.41) is -1.77. The monoisotopic (exact) mass is 308 g/mol. The molecular weight excluding hydrogens is 285 g/mol. The van der Waals surface area contributed by atoms with E-state index >= 15 is 0 Å². The van der Waals surface area contributed by atoms with Crippen molar-refractivity contribution in [2.45, 2.75) is 38.2 Å². The molecule has 6 radical (unpaired) electrons. The fourth-order valence-corrected chi connectivity index (χ4v) is 2.00. The number of benzene rings is 1. The third kappa shape index (κ3) is 7.64. The van der Waals surface area contributed by atoms with E-state index in [2.05, 4.69) is 4.90 Å². The van der Waals surface area contributed by atoms with Crippen molar-refractivity contribution in [2.75, 3.05) is 20.1 Å². The van der Waals surface area contributed by atoms with Crippen LogP contribution >= 0.6 is 0 Å². The van der Waals surface area contributed by atoms with E-state index < -0.39 is 16.9 Å². The summed E-state index contributed by atoms with van der Waals surface area (Å²) in [6.45, 7) is 6.89. The molecule has 1 aromatic rings. The summed E-state index contributed by atoms with van der Waals surface area (Å²) in [7, 11) is 19.1. The lowest BCUT2D eigenvalue weighted by Crippen LogP contribution is -2.56. The average Bonchev–Trinajstić information content (AvgIpc) is 2.36. The van der Waals surface area contributed by atoms with Crippen LogP contribution in [-0.2, 0) is 11.3 Å². The Kier molecular flexibility index (Phi) is 6.81. The van der Waals surface area contributed by atoms with Gasteiger partial charge in [0.2, 0.25) is 0 Å². The van der Waals surface area contributed by atoms with Gasteiger partial charge in [0, 0.05) is 19.6 Å². The van der Waals surface area contributed by atoms with Gasteiger partial charge in [0.1, 0.15) is 5.60 Å². The zero-order valence-corrected chi connectivity index (χ0v) is 14.5. The minimum absolute atomic E-state index is 0.266. The maximum atomic E-state index is 12.2. The molecule has 0 saturated heterocycles. The lowest BCUT2D eigenvalue weighted by Gasteiger charge is -2.39. The molecule has 0 atom stereocenters. The topological polar surface area (TPSA) is 32.8 Å². The molecule has 0 aliphatic rings. The van der Waals surface area contributed by atoms with Gasteiger partial charge in [-0.25, -0.2) is 4.79 Å². The predicted molar refractivity (Wildman–Crippen MR) is 95.7 cm³/mol. The summed E-state index contributed by atoms with van der Waals surface area (Å²) in [6.07, 6.45) is -0.627. The molecule has 0 aromatic heterocycles. The van der Waals surface area contributed by atoms with Crippen molar-refractivity contribution in [2.24, 2.45) is 0 Å². The van der Waals surface area contributed by atoms with E-state index in [1.807, 2.05) is 37.4 Å². The van der Waals surface area contributed by atoms with Gasteiger partial charge in [-0.15, -0.1) is 0 Å². The molecule has 4 nitrogen and oxygen atoms in total. The second-order valence-corrected chi connectivity index (χ2v) is 6.74. The standard InChI is InChI=1S/C16H23B3N2O2/c1-15(2,3)23-14(22)21(16(17,18)19)11-10-20(4)12-13-8-6-5-7-9-13/h5-9H,10-12H2,1-4H3. The first-order valence-electron chi connectivity index (χ1n) is 7.59. The fraction of sp³-hybridized carbons (Fsp3) is 0.562. The summed E-state index contributed by atoms with van der Waals surface area (Å²) < 4.78 is 5.31. The van der Waals surface area contributed by atoms with Crippen molar-refractivity contribution in [3.05, 3.63) is 35.9 Å². The number of carbonyl (C=O) groups excluding carboxylic acids is 1. The number of amides is 1. The van der Waals surface area contributed by atoms with Crippen molar-refractivity contribution in [3.8, 4) is 0 Å². The number of hydrogen-bond donors (Lipinski definition) is 0. The molecule has 1 aromatic carbocycles. The van der Waals surface area contributed by atoms with E-state index in [1.54, 1.807) is 20.8 Å². The molecule has 0 bridgehead atoms. The van der Waals surface area contributed by atoms with Gasteiger partial charge in [0.05, 0.1) is 23.5 Å². The predicted octanol–water partition coefficient (Wildman–Crippen LogP) is 1.47. The third-order valence-corrected chi connectivity index (χ3v) is 3.08. The van der Waals surface area contributed by atoms with Crippen LogP contribution in [-0.4, -0.2) is 70.4 Å². The minimum atomic E-state index is -1.77. The highest BCUT2D eigenvalue weighted by Crippen LogP contribution is 2.14. The summed E-state index contributed by atoms with van der Waals surface area (Å²) in [5.74, 6) is 0. The lowest BCUT2D eigenvalue weighted by molar-refractivity contribution is 0.0227. The van der Waals surface area contributed by atoms with Crippen molar-refractivity contribution < 1.29 is 9.53 Å². The molecule has 0 fully saturated rings. The van der Waals surface area contributed by atoms with Crippen LogP contribution in [0.15, 0.2) is 30.3 Å². The van der Waals surface area contributed by atoms with Crippen LogP contribution in [0.1, 0.15) is 26.3 Å². The Balaban J connectivity index is 2.62. The molecule has 23 heavy (non-hydrogen) atoms. The van der Waals surface area contributed by atoms with Crippen molar-refractivity contribution in [1.29, 1.82) is 0 Å². The van der Waals surface area contributed by atoms with Crippen LogP contribution in [0.4, 0.5) is 4.79 Å². The number of carbonyl (C=O) groups is 1. The highest BCUT2D eigenvalue weighted by molar-refractivity contribution is 6.59. The van der Waals surface area contributed by atoms with Crippen LogP contribution in [0, 0.1) is 0 Å². The molecule has 0 heterocycles. The first-order valence-corrected chi connectivity index (χ1v) is 7.59. The van der Waals surface area contributed by atoms with Crippen LogP contribution in [0.3, 0.4) is 0 Å². The van der Waals surface area contributed by atoms with Gasteiger partial charge >= 0.3 is 6.09 Å². The number of likely N-dealkylation sites (N-methyl/N-ethyl adjacent to an activating group) is 1. The highest BCUT2D eigenvalue weighted by atomic mass is 16.6. The second-order valence-electron chi connectivity index (χ2n) is 6.74. The van der Waals surface area contributed by atoms with E-state index in [-0.39, 0.29) is 6.54 Å². The van der Waals surface area contributed by atoms with Gasteiger partial charge in [0.15, 0.2) is 0 Å². The normalized spacial score (nSPS) is 12.2. The first-order chi connectivity index (χ1) is 10.5. The van der Waals surface area contributed by atoms with E-state index in [1.165, 1.54) is 5.56 Å². The molecule has 0 spiro atoms. The van der Waals surface area contributed by atoms with Gasteiger partial charge in [-0.05, 0) is 33.4 Å². The van der Waals surface area contributed by atoms with Gasteiger partial charge in [0.25, 0.3) is 0 Å². The smallest absolute Gasteiger partial charge is 0.408 e. The van der Waals surface area contributed by atoms with Crippen LogP contribution < -0.4 is 0 Å². The molecule has 0 unspecified atom stereocenters.